The largest absolute Gasteiger partial charge is 0.322 e. The summed E-state index contributed by atoms with van der Waals surface area (Å²) in [6.07, 6.45) is 13.7. The lowest BCUT2D eigenvalue weighted by molar-refractivity contribution is -0.111. The van der Waals surface area contributed by atoms with E-state index in [1.54, 1.807) is 43.3 Å². The molecule has 0 saturated carbocycles. The number of carbonyl (C=O) groups is 1. The number of nitrogens with one attached hydrogen (secondary N) is 2. The van der Waals surface area contributed by atoms with Gasteiger partial charge in [-0.2, -0.15) is 5.10 Å². The number of hydrogen-bond acceptors (Lipinski definition) is 4. The molecule has 0 aliphatic heterocycles. The molecule has 0 aliphatic rings. The van der Waals surface area contributed by atoms with Gasteiger partial charge in [0, 0.05) is 59.3 Å². The van der Waals surface area contributed by atoms with Crippen LogP contribution >= 0.6 is 0 Å². The zero-order valence-electron chi connectivity index (χ0n) is 13.8. The van der Waals surface area contributed by atoms with E-state index < -0.39 is 0 Å². The highest BCUT2D eigenvalue weighted by Crippen LogP contribution is 2.23. The van der Waals surface area contributed by atoms with E-state index in [4.69, 9.17) is 0 Å². The molecule has 1 aromatic carbocycles. The lowest BCUT2D eigenvalue weighted by Crippen LogP contribution is -2.07. The standard InChI is InChI=1S/C20H15N5O/c26-20(25-18-3-1-14-5-7-21-11-16(14)9-18)4-2-15-10-22-8-6-19(15)17-12-23-24-13-17/h1-13H,(H,23,24)(H,25,26)/b4-2+. The number of nitrogens with zero attached hydrogens (tertiary/aromatic N) is 3. The predicted octanol–water partition coefficient (Wildman–Crippen LogP) is 3.67. The van der Waals surface area contributed by atoms with Crippen molar-refractivity contribution in [2.75, 3.05) is 5.32 Å². The minimum absolute atomic E-state index is 0.213. The third-order valence-corrected chi connectivity index (χ3v) is 3.98. The summed E-state index contributed by atoms with van der Waals surface area (Å²) in [7, 11) is 0. The molecule has 0 bridgehead atoms. The van der Waals surface area contributed by atoms with Crippen LogP contribution in [0.3, 0.4) is 0 Å². The van der Waals surface area contributed by atoms with E-state index in [2.05, 4.69) is 25.5 Å². The maximum Gasteiger partial charge on any atom is 0.248 e. The van der Waals surface area contributed by atoms with E-state index in [0.717, 1.165) is 33.2 Å². The molecule has 6 heteroatoms. The maximum atomic E-state index is 12.3. The number of pyridine rings is 2. The third kappa shape index (κ3) is 3.34. The van der Waals surface area contributed by atoms with Gasteiger partial charge in [-0.15, -0.1) is 0 Å². The van der Waals surface area contributed by atoms with Gasteiger partial charge in [0.2, 0.25) is 5.91 Å². The van der Waals surface area contributed by atoms with Crippen molar-refractivity contribution in [2.24, 2.45) is 0 Å². The molecular formula is C20H15N5O. The van der Waals surface area contributed by atoms with E-state index >= 15 is 0 Å². The van der Waals surface area contributed by atoms with Crippen molar-refractivity contribution in [3.63, 3.8) is 0 Å². The zero-order chi connectivity index (χ0) is 17.8. The molecule has 0 aliphatic carbocycles. The predicted molar refractivity (Wildman–Crippen MR) is 101 cm³/mol. The molecule has 0 fully saturated rings. The average Bonchev–Trinajstić information content (AvgIpc) is 3.21. The number of rotatable bonds is 4. The molecule has 0 radical (unpaired) electrons. The van der Waals surface area contributed by atoms with Crippen LogP contribution in [0.1, 0.15) is 5.56 Å². The molecule has 1 amide bonds. The van der Waals surface area contributed by atoms with E-state index in [-0.39, 0.29) is 5.91 Å². The normalized spacial score (nSPS) is 11.1. The Balaban J connectivity index is 1.53. The summed E-state index contributed by atoms with van der Waals surface area (Å²) in [6.45, 7) is 0. The Morgan fingerprint density at radius 3 is 2.77 bits per heavy atom. The van der Waals surface area contributed by atoms with Crippen LogP contribution in [0.4, 0.5) is 5.69 Å². The average molecular weight is 341 g/mol. The van der Waals surface area contributed by atoms with Gasteiger partial charge in [0.15, 0.2) is 0 Å². The van der Waals surface area contributed by atoms with Crippen molar-refractivity contribution in [3.05, 3.63) is 79.2 Å². The van der Waals surface area contributed by atoms with Crippen LogP contribution in [0.15, 0.2) is 73.6 Å². The first-order valence-corrected chi connectivity index (χ1v) is 8.05. The number of benzene rings is 1. The summed E-state index contributed by atoms with van der Waals surface area (Å²) < 4.78 is 0. The minimum Gasteiger partial charge on any atom is -0.322 e. The minimum atomic E-state index is -0.213. The first-order valence-electron chi connectivity index (χ1n) is 8.05. The SMILES string of the molecule is O=C(/C=C/c1cnccc1-c1cn[nH]c1)Nc1ccc2ccncc2c1. The van der Waals surface area contributed by atoms with Crippen LogP contribution in [0.2, 0.25) is 0 Å². The molecule has 3 heterocycles. The summed E-state index contributed by atoms with van der Waals surface area (Å²) >= 11 is 0. The molecule has 2 N–H and O–H groups in total. The van der Waals surface area contributed by atoms with Crippen LogP contribution in [0.5, 0.6) is 0 Å². The Hall–Kier alpha value is -3.80. The van der Waals surface area contributed by atoms with E-state index in [1.165, 1.54) is 6.08 Å². The number of anilines is 1. The molecule has 0 saturated heterocycles. The lowest BCUT2D eigenvalue weighted by Gasteiger charge is -2.05. The van der Waals surface area contributed by atoms with E-state index in [9.17, 15) is 4.79 Å². The van der Waals surface area contributed by atoms with E-state index in [1.807, 2.05) is 30.3 Å². The summed E-state index contributed by atoms with van der Waals surface area (Å²) in [4.78, 5) is 20.5. The lowest BCUT2D eigenvalue weighted by atomic mass is 10.0. The number of amides is 1. The van der Waals surface area contributed by atoms with Crippen molar-refractivity contribution >= 4 is 28.4 Å². The van der Waals surface area contributed by atoms with Gasteiger partial charge in [-0.1, -0.05) is 6.07 Å². The fourth-order valence-corrected chi connectivity index (χ4v) is 2.71. The molecule has 6 nitrogen and oxygen atoms in total. The molecule has 0 unspecified atom stereocenters. The fraction of sp³-hybridized carbons (Fsp3) is 0. The van der Waals surface area contributed by atoms with Gasteiger partial charge in [0.1, 0.15) is 0 Å². The highest BCUT2D eigenvalue weighted by atomic mass is 16.1. The number of aromatic nitrogens is 4. The smallest absolute Gasteiger partial charge is 0.248 e. The van der Waals surface area contributed by atoms with Gasteiger partial charge in [0.05, 0.1) is 6.20 Å². The number of fused-ring (bicyclic) bond motifs is 1. The molecule has 3 aromatic heterocycles. The van der Waals surface area contributed by atoms with Gasteiger partial charge in [-0.25, -0.2) is 0 Å². The molecule has 26 heavy (non-hydrogen) atoms. The summed E-state index contributed by atoms with van der Waals surface area (Å²) in [5.74, 6) is -0.213. The number of aromatic amines is 1. The quantitative estimate of drug-likeness (QED) is 0.555. The summed E-state index contributed by atoms with van der Waals surface area (Å²) in [6, 6.07) is 9.54. The van der Waals surface area contributed by atoms with Gasteiger partial charge in [0.25, 0.3) is 0 Å². The molecule has 4 rings (SSSR count). The number of hydrogen-bond donors (Lipinski definition) is 2. The Morgan fingerprint density at radius 2 is 1.88 bits per heavy atom. The summed E-state index contributed by atoms with van der Waals surface area (Å²) in [5.41, 5.74) is 3.46. The van der Waals surface area contributed by atoms with Crippen LogP contribution in [-0.4, -0.2) is 26.1 Å². The molecule has 4 aromatic rings. The first kappa shape index (κ1) is 15.7. The van der Waals surface area contributed by atoms with Crippen molar-refractivity contribution in [1.29, 1.82) is 0 Å². The second kappa shape index (κ2) is 6.98. The first-order chi connectivity index (χ1) is 12.8. The third-order valence-electron chi connectivity index (χ3n) is 3.98. The van der Waals surface area contributed by atoms with Crippen LogP contribution in [0, 0.1) is 0 Å². The monoisotopic (exact) mass is 341 g/mol. The van der Waals surface area contributed by atoms with Gasteiger partial charge in [-0.05, 0) is 41.3 Å². The van der Waals surface area contributed by atoms with Gasteiger partial charge >= 0.3 is 0 Å². The van der Waals surface area contributed by atoms with Crippen molar-refractivity contribution in [1.82, 2.24) is 20.2 Å². The second-order valence-corrected chi connectivity index (χ2v) is 5.71. The molecule has 0 atom stereocenters. The van der Waals surface area contributed by atoms with Crippen LogP contribution < -0.4 is 5.32 Å². The van der Waals surface area contributed by atoms with Gasteiger partial charge < -0.3 is 5.32 Å². The van der Waals surface area contributed by atoms with E-state index in [0.29, 0.717) is 0 Å². The van der Waals surface area contributed by atoms with Crippen LogP contribution in [-0.2, 0) is 4.79 Å². The number of H-pyrrole nitrogens is 1. The maximum absolute atomic E-state index is 12.3. The van der Waals surface area contributed by atoms with Crippen molar-refractivity contribution < 1.29 is 4.79 Å². The Labute approximate surface area is 149 Å². The Kier molecular flexibility index (Phi) is 4.22. The highest BCUT2D eigenvalue weighted by molar-refractivity contribution is 6.03. The topological polar surface area (TPSA) is 83.6 Å². The summed E-state index contributed by atoms with van der Waals surface area (Å²) in [5, 5.41) is 11.7. The zero-order valence-corrected chi connectivity index (χ0v) is 13.8. The molecular weight excluding hydrogens is 326 g/mol. The molecule has 0 spiro atoms. The van der Waals surface area contributed by atoms with Crippen molar-refractivity contribution in [2.45, 2.75) is 0 Å². The van der Waals surface area contributed by atoms with Crippen LogP contribution in [0.25, 0.3) is 28.0 Å². The van der Waals surface area contributed by atoms with Crippen molar-refractivity contribution in [3.8, 4) is 11.1 Å². The highest BCUT2D eigenvalue weighted by Gasteiger charge is 2.05. The second-order valence-electron chi connectivity index (χ2n) is 5.71. The fourth-order valence-electron chi connectivity index (χ4n) is 2.71. The number of carbonyl (C=O) groups excluding carboxylic acids is 1. The Bertz CT molecular complexity index is 1090. The Morgan fingerprint density at radius 1 is 1.00 bits per heavy atom. The molecule has 126 valence electrons. The van der Waals surface area contributed by atoms with Gasteiger partial charge in [-0.3, -0.25) is 19.9 Å².